The average Bonchev–Trinajstić information content (AvgIpc) is 3.29. The molecule has 0 atom stereocenters. The Kier molecular flexibility index (Phi) is 4.39. The first-order chi connectivity index (χ1) is 11.7. The molecule has 2 aliphatic heterocycles. The maximum absolute atomic E-state index is 12.4. The molecule has 0 saturated carbocycles. The Morgan fingerprint density at radius 1 is 1.29 bits per heavy atom. The van der Waals surface area contributed by atoms with Crippen LogP contribution in [-0.2, 0) is 11.3 Å². The van der Waals surface area contributed by atoms with Gasteiger partial charge in [-0.15, -0.1) is 11.3 Å². The fraction of sp³-hybridized carbons (Fsp3) is 0.529. The van der Waals surface area contributed by atoms with Crippen molar-refractivity contribution in [2.45, 2.75) is 25.0 Å². The van der Waals surface area contributed by atoms with E-state index in [9.17, 15) is 4.79 Å². The van der Waals surface area contributed by atoms with Gasteiger partial charge in [-0.1, -0.05) is 11.2 Å². The van der Waals surface area contributed by atoms with Gasteiger partial charge >= 0.3 is 0 Å². The van der Waals surface area contributed by atoms with E-state index in [-0.39, 0.29) is 11.5 Å². The minimum atomic E-state index is -0.117. The third-order valence-corrected chi connectivity index (χ3v) is 5.76. The van der Waals surface area contributed by atoms with Gasteiger partial charge in [-0.05, 0) is 24.3 Å². The van der Waals surface area contributed by atoms with Crippen LogP contribution in [0.4, 0.5) is 0 Å². The van der Waals surface area contributed by atoms with Gasteiger partial charge < -0.3 is 14.2 Å². The molecule has 2 fully saturated rings. The standard InChI is InChI=1S/C17H21N3O3S/c21-16(15-3-6-18-23-15)20-7-4-17(5-8-20)13-19(9-10-22-17)12-14-2-1-11-24-14/h1-3,6,11H,4-5,7-10,12-13H2. The van der Waals surface area contributed by atoms with Crippen molar-refractivity contribution < 1.29 is 14.1 Å². The van der Waals surface area contributed by atoms with Gasteiger partial charge in [0.15, 0.2) is 0 Å². The molecule has 6 nitrogen and oxygen atoms in total. The number of rotatable bonds is 3. The highest BCUT2D eigenvalue weighted by molar-refractivity contribution is 7.09. The molecule has 0 aliphatic carbocycles. The molecule has 7 heteroatoms. The highest BCUT2D eigenvalue weighted by atomic mass is 32.1. The molecular formula is C17H21N3O3S. The number of piperidine rings is 1. The van der Waals surface area contributed by atoms with E-state index in [0.29, 0.717) is 18.8 Å². The summed E-state index contributed by atoms with van der Waals surface area (Å²) in [5.74, 6) is 0.239. The molecule has 0 unspecified atom stereocenters. The molecule has 128 valence electrons. The van der Waals surface area contributed by atoms with Gasteiger partial charge in [0.05, 0.1) is 18.4 Å². The first-order valence-electron chi connectivity index (χ1n) is 8.33. The number of hydrogen-bond acceptors (Lipinski definition) is 6. The van der Waals surface area contributed by atoms with Gasteiger partial charge in [0.2, 0.25) is 5.76 Å². The van der Waals surface area contributed by atoms with Gasteiger partial charge in [0.1, 0.15) is 0 Å². The molecular weight excluding hydrogens is 326 g/mol. The molecule has 4 heterocycles. The molecule has 0 radical (unpaired) electrons. The van der Waals surface area contributed by atoms with Crippen molar-refractivity contribution in [3.63, 3.8) is 0 Å². The Hall–Kier alpha value is -1.70. The van der Waals surface area contributed by atoms with E-state index < -0.39 is 0 Å². The van der Waals surface area contributed by atoms with Crippen LogP contribution in [0.25, 0.3) is 0 Å². The van der Waals surface area contributed by atoms with E-state index in [4.69, 9.17) is 9.26 Å². The Morgan fingerprint density at radius 3 is 2.88 bits per heavy atom. The highest BCUT2D eigenvalue weighted by Gasteiger charge is 2.41. The Bertz CT molecular complexity index is 663. The smallest absolute Gasteiger partial charge is 0.292 e. The maximum atomic E-state index is 12.4. The molecule has 4 rings (SSSR count). The van der Waals surface area contributed by atoms with Crippen LogP contribution in [0.2, 0.25) is 0 Å². The van der Waals surface area contributed by atoms with E-state index in [1.807, 2.05) is 4.90 Å². The quantitative estimate of drug-likeness (QED) is 0.852. The molecule has 2 aromatic heterocycles. The minimum absolute atomic E-state index is 0.0754. The van der Waals surface area contributed by atoms with E-state index in [1.54, 1.807) is 17.4 Å². The molecule has 2 saturated heterocycles. The van der Waals surface area contributed by atoms with Crippen LogP contribution < -0.4 is 0 Å². The van der Waals surface area contributed by atoms with E-state index in [2.05, 4.69) is 27.6 Å². The zero-order valence-electron chi connectivity index (χ0n) is 13.5. The largest absolute Gasteiger partial charge is 0.372 e. The summed E-state index contributed by atoms with van der Waals surface area (Å²) in [6.45, 7) is 5.07. The Balaban J connectivity index is 1.36. The normalized spacial score (nSPS) is 21.2. The van der Waals surface area contributed by atoms with Crippen LogP contribution in [0.3, 0.4) is 0 Å². The molecule has 0 aromatic carbocycles. The van der Waals surface area contributed by atoms with Gasteiger partial charge in [-0.3, -0.25) is 9.69 Å². The Labute approximate surface area is 145 Å². The number of aromatic nitrogens is 1. The van der Waals surface area contributed by atoms with Crippen molar-refractivity contribution in [1.82, 2.24) is 15.0 Å². The number of morpholine rings is 1. The molecule has 1 spiro atoms. The first kappa shape index (κ1) is 15.8. The number of hydrogen-bond donors (Lipinski definition) is 0. The van der Waals surface area contributed by atoms with Gasteiger partial charge in [-0.2, -0.15) is 0 Å². The van der Waals surface area contributed by atoms with E-state index in [0.717, 1.165) is 39.1 Å². The van der Waals surface area contributed by atoms with Crippen LogP contribution >= 0.6 is 11.3 Å². The van der Waals surface area contributed by atoms with Crippen LogP contribution in [-0.4, -0.2) is 59.3 Å². The maximum Gasteiger partial charge on any atom is 0.292 e. The third kappa shape index (κ3) is 3.24. The lowest BCUT2D eigenvalue weighted by molar-refractivity contribution is -0.134. The van der Waals surface area contributed by atoms with Crippen molar-refractivity contribution in [3.8, 4) is 0 Å². The zero-order chi connectivity index (χ0) is 16.4. The lowest BCUT2D eigenvalue weighted by Crippen LogP contribution is -2.57. The number of ether oxygens (including phenoxy) is 1. The van der Waals surface area contributed by atoms with Gasteiger partial charge in [-0.25, -0.2) is 0 Å². The number of carbonyl (C=O) groups excluding carboxylic acids is 1. The van der Waals surface area contributed by atoms with E-state index in [1.165, 1.54) is 11.1 Å². The molecule has 0 bridgehead atoms. The summed E-state index contributed by atoms with van der Waals surface area (Å²) in [4.78, 5) is 18.1. The van der Waals surface area contributed by atoms with Crippen molar-refractivity contribution in [2.24, 2.45) is 0 Å². The molecule has 2 aliphatic rings. The molecule has 2 aromatic rings. The molecule has 24 heavy (non-hydrogen) atoms. The topological polar surface area (TPSA) is 58.8 Å². The fourth-order valence-electron chi connectivity index (χ4n) is 3.58. The second-order valence-electron chi connectivity index (χ2n) is 6.49. The number of thiophene rings is 1. The second kappa shape index (κ2) is 6.66. The summed E-state index contributed by atoms with van der Waals surface area (Å²) in [7, 11) is 0. The second-order valence-corrected chi connectivity index (χ2v) is 7.52. The van der Waals surface area contributed by atoms with Gasteiger partial charge in [0.25, 0.3) is 5.91 Å². The summed E-state index contributed by atoms with van der Waals surface area (Å²) >= 11 is 1.80. The van der Waals surface area contributed by atoms with Crippen molar-refractivity contribution in [2.75, 3.05) is 32.8 Å². The number of carbonyl (C=O) groups is 1. The molecule has 0 N–H and O–H groups in total. The summed E-state index contributed by atoms with van der Waals surface area (Å²) in [5.41, 5.74) is -0.117. The van der Waals surface area contributed by atoms with Crippen LogP contribution in [0, 0.1) is 0 Å². The number of likely N-dealkylation sites (tertiary alicyclic amines) is 1. The predicted molar refractivity (Wildman–Crippen MR) is 89.9 cm³/mol. The summed E-state index contributed by atoms with van der Waals surface area (Å²) in [6.07, 6.45) is 3.24. The summed E-state index contributed by atoms with van der Waals surface area (Å²) < 4.78 is 11.1. The minimum Gasteiger partial charge on any atom is -0.372 e. The monoisotopic (exact) mass is 347 g/mol. The van der Waals surface area contributed by atoms with Crippen molar-refractivity contribution in [3.05, 3.63) is 40.4 Å². The van der Waals surface area contributed by atoms with Crippen molar-refractivity contribution >= 4 is 17.2 Å². The fourth-order valence-corrected chi connectivity index (χ4v) is 4.33. The summed E-state index contributed by atoms with van der Waals surface area (Å²) in [6, 6.07) is 5.90. The Morgan fingerprint density at radius 2 is 2.17 bits per heavy atom. The van der Waals surface area contributed by atoms with Crippen molar-refractivity contribution in [1.29, 1.82) is 0 Å². The third-order valence-electron chi connectivity index (χ3n) is 4.90. The van der Waals surface area contributed by atoms with Gasteiger partial charge in [0, 0.05) is 43.7 Å². The van der Waals surface area contributed by atoms with Crippen LogP contribution in [0.15, 0.2) is 34.3 Å². The lowest BCUT2D eigenvalue weighted by Gasteiger charge is -2.47. The highest BCUT2D eigenvalue weighted by Crippen LogP contribution is 2.31. The number of nitrogens with zero attached hydrogens (tertiary/aromatic N) is 3. The average molecular weight is 347 g/mol. The SMILES string of the molecule is O=C(c1ccno1)N1CCC2(CC1)CN(Cc1cccs1)CCO2. The van der Waals surface area contributed by atoms with E-state index >= 15 is 0 Å². The lowest BCUT2D eigenvalue weighted by atomic mass is 9.89. The number of amides is 1. The first-order valence-corrected chi connectivity index (χ1v) is 9.21. The van der Waals surface area contributed by atoms with Crippen LogP contribution in [0.1, 0.15) is 28.3 Å². The van der Waals surface area contributed by atoms with Crippen LogP contribution in [0.5, 0.6) is 0 Å². The predicted octanol–water partition coefficient (Wildman–Crippen LogP) is 2.24. The summed E-state index contributed by atoms with van der Waals surface area (Å²) in [5, 5.41) is 5.74. The molecule has 1 amide bonds. The zero-order valence-corrected chi connectivity index (χ0v) is 14.3.